The Morgan fingerprint density at radius 1 is 1.13 bits per heavy atom. The zero-order chi connectivity index (χ0) is 10.7. The Hall–Kier alpha value is -0.980. The minimum absolute atomic E-state index is 0.764. The number of aryl methyl sites for hydroxylation is 1. The number of benzene rings is 1. The van der Waals surface area contributed by atoms with E-state index in [1.807, 2.05) is 0 Å². The maximum atomic E-state index is 2.46. The smallest absolute Gasteiger partial charge is 0.0368 e. The first-order valence-electron chi connectivity index (χ1n) is 6.07. The van der Waals surface area contributed by atoms with Gasteiger partial charge in [0.15, 0.2) is 0 Å². The molecule has 15 heavy (non-hydrogen) atoms. The lowest BCUT2D eigenvalue weighted by atomic mass is 9.94. The van der Waals surface area contributed by atoms with Gasteiger partial charge in [0.05, 0.1) is 0 Å². The quantitative estimate of drug-likeness (QED) is 0.707. The first kappa shape index (κ1) is 10.5. The Kier molecular flexibility index (Phi) is 3.30. The lowest BCUT2D eigenvalue weighted by Crippen LogP contribution is -2.33. The number of hydrogen-bond donors (Lipinski definition) is 0. The molecule has 0 radical (unpaired) electrons. The number of nitrogens with zero attached hydrogens (tertiary/aromatic N) is 1. The summed E-state index contributed by atoms with van der Waals surface area (Å²) >= 11 is 0. The minimum atomic E-state index is 0.764. The average molecular weight is 203 g/mol. The second kappa shape index (κ2) is 4.69. The number of anilines is 1. The fraction of sp³-hybridized carbons (Fsp3) is 0.571. The predicted molar refractivity (Wildman–Crippen MR) is 66.5 cm³/mol. The first-order valence-corrected chi connectivity index (χ1v) is 6.07. The molecule has 1 saturated carbocycles. The summed E-state index contributed by atoms with van der Waals surface area (Å²) in [5, 5.41) is 0. The Bertz CT molecular complexity index is 313. The summed E-state index contributed by atoms with van der Waals surface area (Å²) in [7, 11) is 2.24. The number of rotatable bonds is 2. The molecule has 1 aliphatic rings. The molecular formula is C14H21N. The summed E-state index contributed by atoms with van der Waals surface area (Å²) < 4.78 is 0. The van der Waals surface area contributed by atoms with E-state index in [1.54, 1.807) is 0 Å². The summed E-state index contributed by atoms with van der Waals surface area (Å²) in [6.45, 7) is 2.16. The highest BCUT2D eigenvalue weighted by molar-refractivity contribution is 5.48. The largest absolute Gasteiger partial charge is 0.372 e. The van der Waals surface area contributed by atoms with E-state index in [-0.39, 0.29) is 0 Å². The molecule has 1 aromatic carbocycles. The van der Waals surface area contributed by atoms with E-state index in [9.17, 15) is 0 Å². The van der Waals surface area contributed by atoms with Crippen LogP contribution in [0.15, 0.2) is 24.3 Å². The van der Waals surface area contributed by atoms with Crippen molar-refractivity contribution in [2.75, 3.05) is 11.9 Å². The van der Waals surface area contributed by atoms with Crippen molar-refractivity contribution in [1.82, 2.24) is 0 Å². The molecule has 0 amide bonds. The molecule has 1 aliphatic carbocycles. The molecule has 0 unspecified atom stereocenters. The molecule has 0 aromatic heterocycles. The Balaban J connectivity index is 2.08. The predicted octanol–water partition coefficient (Wildman–Crippen LogP) is 3.76. The zero-order valence-corrected chi connectivity index (χ0v) is 9.87. The molecular weight excluding hydrogens is 182 g/mol. The molecule has 0 atom stereocenters. The Morgan fingerprint density at radius 3 is 2.53 bits per heavy atom. The summed E-state index contributed by atoms with van der Waals surface area (Å²) in [6.07, 6.45) is 6.97. The van der Waals surface area contributed by atoms with Crippen molar-refractivity contribution >= 4 is 5.69 Å². The van der Waals surface area contributed by atoms with Crippen molar-refractivity contribution in [2.24, 2.45) is 0 Å². The van der Waals surface area contributed by atoms with Gasteiger partial charge in [0.25, 0.3) is 0 Å². The van der Waals surface area contributed by atoms with Gasteiger partial charge in [0, 0.05) is 18.8 Å². The van der Waals surface area contributed by atoms with Crippen LogP contribution in [-0.2, 0) is 0 Å². The van der Waals surface area contributed by atoms with Crippen LogP contribution in [-0.4, -0.2) is 13.1 Å². The third kappa shape index (κ3) is 2.53. The molecule has 0 heterocycles. The summed E-state index contributed by atoms with van der Waals surface area (Å²) in [4.78, 5) is 2.46. The maximum absolute atomic E-state index is 2.46. The van der Waals surface area contributed by atoms with Crippen molar-refractivity contribution in [3.8, 4) is 0 Å². The fourth-order valence-electron chi connectivity index (χ4n) is 2.53. The van der Waals surface area contributed by atoms with E-state index in [1.165, 1.54) is 43.4 Å². The van der Waals surface area contributed by atoms with Crippen LogP contribution in [0.25, 0.3) is 0 Å². The summed E-state index contributed by atoms with van der Waals surface area (Å²) in [5.74, 6) is 0. The summed E-state index contributed by atoms with van der Waals surface area (Å²) in [5.41, 5.74) is 2.73. The van der Waals surface area contributed by atoms with E-state index in [0.717, 1.165) is 6.04 Å². The van der Waals surface area contributed by atoms with Crippen LogP contribution in [0.1, 0.15) is 37.7 Å². The standard InChI is InChI=1S/C14H21N/c1-12-7-6-10-14(11-12)15(2)13-8-4-3-5-9-13/h6-7,10-11,13H,3-5,8-9H2,1-2H3. The van der Waals surface area contributed by atoms with Crippen molar-refractivity contribution in [1.29, 1.82) is 0 Å². The molecule has 2 rings (SSSR count). The lowest BCUT2D eigenvalue weighted by Gasteiger charge is -2.33. The molecule has 1 heteroatoms. The highest BCUT2D eigenvalue weighted by Crippen LogP contribution is 2.26. The Morgan fingerprint density at radius 2 is 1.87 bits per heavy atom. The second-order valence-electron chi connectivity index (χ2n) is 4.74. The molecule has 1 nitrogen and oxygen atoms in total. The van der Waals surface area contributed by atoms with Gasteiger partial charge in [-0.15, -0.1) is 0 Å². The third-order valence-corrected chi connectivity index (χ3v) is 3.53. The van der Waals surface area contributed by atoms with Crippen LogP contribution in [0, 0.1) is 6.92 Å². The van der Waals surface area contributed by atoms with Gasteiger partial charge in [-0.05, 0) is 37.5 Å². The monoisotopic (exact) mass is 203 g/mol. The van der Waals surface area contributed by atoms with Crippen molar-refractivity contribution in [3.05, 3.63) is 29.8 Å². The van der Waals surface area contributed by atoms with Gasteiger partial charge >= 0.3 is 0 Å². The van der Waals surface area contributed by atoms with E-state index >= 15 is 0 Å². The van der Waals surface area contributed by atoms with Crippen LogP contribution < -0.4 is 4.90 Å². The van der Waals surface area contributed by atoms with Gasteiger partial charge in [-0.1, -0.05) is 31.4 Å². The SMILES string of the molecule is Cc1cccc(N(C)C2CCCCC2)c1. The maximum Gasteiger partial charge on any atom is 0.0368 e. The van der Waals surface area contributed by atoms with Gasteiger partial charge in [0.1, 0.15) is 0 Å². The number of hydrogen-bond acceptors (Lipinski definition) is 1. The highest BCUT2D eigenvalue weighted by atomic mass is 15.1. The lowest BCUT2D eigenvalue weighted by molar-refractivity contribution is 0.427. The van der Waals surface area contributed by atoms with Crippen LogP contribution in [0.2, 0.25) is 0 Å². The van der Waals surface area contributed by atoms with Gasteiger partial charge in [0.2, 0.25) is 0 Å². The van der Waals surface area contributed by atoms with Crippen LogP contribution in [0.5, 0.6) is 0 Å². The van der Waals surface area contributed by atoms with Gasteiger partial charge in [-0.3, -0.25) is 0 Å². The van der Waals surface area contributed by atoms with E-state index in [2.05, 4.69) is 43.1 Å². The van der Waals surface area contributed by atoms with Gasteiger partial charge in [-0.2, -0.15) is 0 Å². The van der Waals surface area contributed by atoms with E-state index in [4.69, 9.17) is 0 Å². The first-order chi connectivity index (χ1) is 7.27. The second-order valence-corrected chi connectivity index (χ2v) is 4.74. The molecule has 1 aromatic rings. The highest BCUT2D eigenvalue weighted by Gasteiger charge is 2.17. The van der Waals surface area contributed by atoms with Gasteiger partial charge in [-0.25, -0.2) is 0 Å². The molecule has 1 fully saturated rings. The Labute approximate surface area is 93.1 Å². The van der Waals surface area contributed by atoms with Crippen molar-refractivity contribution in [2.45, 2.75) is 45.1 Å². The molecule has 0 saturated heterocycles. The normalized spacial score (nSPS) is 17.7. The fourth-order valence-corrected chi connectivity index (χ4v) is 2.53. The zero-order valence-electron chi connectivity index (χ0n) is 9.87. The molecule has 0 aliphatic heterocycles. The van der Waals surface area contributed by atoms with Crippen LogP contribution in [0.4, 0.5) is 5.69 Å². The van der Waals surface area contributed by atoms with Crippen molar-refractivity contribution in [3.63, 3.8) is 0 Å². The third-order valence-electron chi connectivity index (χ3n) is 3.53. The summed E-state index contributed by atoms with van der Waals surface area (Å²) in [6, 6.07) is 9.60. The van der Waals surface area contributed by atoms with Crippen molar-refractivity contribution < 1.29 is 0 Å². The molecule has 0 N–H and O–H groups in total. The van der Waals surface area contributed by atoms with Gasteiger partial charge < -0.3 is 4.90 Å². The van der Waals surface area contributed by atoms with E-state index in [0.29, 0.717) is 0 Å². The molecule has 82 valence electrons. The average Bonchev–Trinajstić information content (AvgIpc) is 2.29. The topological polar surface area (TPSA) is 3.24 Å². The van der Waals surface area contributed by atoms with Crippen LogP contribution >= 0.6 is 0 Å². The van der Waals surface area contributed by atoms with E-state index < -0.39 is 0 Å². The molecule has 0 spiro atoms. The molecule has 0 bridgehead atoms. The van der Waals surface area contributed by atoms with Crippen LogP contribution in [0.3, 0.4) is 0 Å². The minimum Gasteiger partial charge on any atom is -0.372 e.